The highest BCUT2D eigenvalue weighted by Crippen LogP contribution is 2.28. The van der Waals surface area contributed by atoms with Crippen molar-refractivity contribution >= 4 is 39.2 Å². The molecule has 0 aliphatic carbocycles. The first-order valence-corrected chi connectivity index (χ1v) is 12.6. The second kappa shape index (κ2) is 11.0. The van der Waals surface area contributed by atoms with Crippen LogP contribution in [-0.2, 0) is 14.8 Å². The van der Waals surface area contributed by atoms with E-state index in [0.717, 1.165) is 25.7 Å². The van der Waals surface area contributed by atoms with Gasteiger partial charge >= 0.3 is 5.97 Å². The molecule has 10 heteroatoms. The Balaban J connectivity index is 1.87. The standard InChI is InChI=1S/C23H27ClN2O6S/c1-3-32-23(28)18-10-8-16(14-20(18)24)25-22(27)19-15-17(9-11-21(19)31-2)33(29,30)26-12-6-4-5-7-13-26/h8-11,14-15H,3-7,12-13H2,1-2H3,(H,25,27). The van der Waals surface area contributed by atoms with E-state index in [9.17, 15) is 18.0 Å². The smallest absolute Gasteiger partial charge is 0.339 e. The molecule has 1 amide bonds. The normalized spacial score (nSPS) is 14.9. The summed E-state index contributed by atoms with van der Waals surface area (Å²) in [6, 6.07) is 8.63. The maximum atomic E-state index is 13.2. The molecule has 1 aliphatic heterocycles. The summed E-state index contributed by atoms with van der Waals surface area (Å²) >= 11 is 6.17. The number of amides is 1. The average molecular weight is 495 g/mol. The minimum Gasteiger partial charge on any atom is -0.496 e. The number of methoxy groups -OCH3 is 1. The van der Waals surface area contributed by atoms with Crippen LogP contribution in [0.3, 0.4) is 0 Å². The lowest BCUT2D eigenvalue weighted by Gasteiger charge is -2.20. The summed E-state index contributed by atoms with van der Waals surface area (Å²) in [6.07, 6.45) is 3.62. The summed E-state index contributed by atoms with van der Waals surface area (Å²) < 4.78 is 38.0. The largest absolute Gasteiger partial charge is 0.496 e. The van der Waals surface area contributed by atoms with Gasteiger partial charge in [-0.15, -0.1) is 0 Å². The number of nitrogens with zero attached hydrogens (tertiary/aromatic N) is 1. The predicted octanol–water partition coefficient (Wildman–Crippen LogP) is 4.34. The van der Waals surface area contributed by atoms with Gasteiger partial charge in [0.2, 0.25) is 10.0 Å². The van der Waals surface area contributed by atoms with Crippen LogP contribution in [0.1, 0.15) is 53.3 Å². The molecule has 1 N–H and O–H groups in total. The van der Waals surface area contributed by atoms with Crippen LogP contribution in [0, 0.1) is 0 Å². The van der Waals surface area contributed by atoms with E-state index in [0.29, 0.717) is 18.8 Å². The van der Waals surface area contributed by atoms with Crippen LogP contribution in [0.25, 0.3) is 0 Å². The van der Waals surface area contributed by atoms with Crippen LogP contribution in [0.4, 0.5) is 5.69 Å². The monoisotopic (exact) mass is 494 g/mol. The number of benzene rings is 2. The Hall–Kier alpha value is -2.62. The minimum absolute atomic E-state index is 0.0334. The molecule has 2 aromatic rings. The molecule has 178 valence electrons. The number of carbonyl (C=O) groups excluding carboxylic acids is 2. The van der Waals surface area contributed by atoms with Gasteiger partial charge in [-0.05, 0) is 56.2 Å². The van der Waals surface area contributed by atoms with Gasteiger partial charge in [0.15, 0.2) is 0 Å². The van der Waals surface area contributed by atoms with Crippen molar-refractivity contribution in [1.29, 1.82) is 0 Å². The summed E-state index contributed by atoms with van der Waals surface area (Å²) in [5.74, 6) is -0.898. The van der Waals surface area contributed by atoms with E-state index in [1.807, 2.05) is 0 Å². The number of rotatable bonds is 7. The Morgan fingerprint density at radius 1 is 1.03 bits per heavy atom. The number of nitrogens with one attached hydrogen (secondary N) is 1. The summed E-state index contributed by atoms with van der Waals surface area (Å²) in [5, 5.41) is 2.80. The number of hydrogen-bond acceptors (Lipinski definition) is 6. The number of carbonyl (C=O) groups is 2. The first-order chi connectivity index (χ1) is 15.8. The molecule has 0 aromatic heterocycles. The zero-order valence-electron chi connectivity index (χ0n) is 18.6. The maximum absolute atomic E-state index is 13.2. The number of esters is 1. The molecule has 0 atom stereocenters. The third kappa shape index (κ3) is 5.85. The van der Waals surface area contributed by atoms with Gasteiger partial charge in [0.1, 0.15) is 5.75 Å². The van der Waals surface area contributed by atoms with Crippen LogP contribution in [0.2, 0.25) is 5.02 Å². The molecule has 1 fully saturated rings. The molecule has 8 nitrogen and oxygen atoms in total. The summed E-state index contributed by atoms with van der Waals surface area (Å²) in [4.78, 5) is 25.0. The predicted molar refractivity (Wildman–Crippen MR) is 126 cm³/mol. The summed E-state index contributed by atoms with van der Waals surface area (Å²) in [5.41, 5.74) is 0.583. The van der Waals surface area contributed by atoms with Crippen molar-refractivity contribution in [1.82, 2.24) is 4.31 Å². The van der Waals surface area contributed by atoms with Crippen LogP contribution >= 0.6 is 11.6 Å². The molecule has 1 aliphatic rings. The molecule has 0 radical (unpaired) electrons. The number of ether oxygens (including phenoxy) is 2. The quantitative estimate of drug-likeness (QED) is 0.574. The van der Waals surface area contributed by atoms with Gasteiger partial charge in [-0.3, -0.25) is 4.79 Å². The van der Waals surface area contributed by atoms with Crippen LogP contribution in [0.15, 0.2) is 41.3 Å². The number of hydrogen-bond donors (Lipinski definition) is 1. The second-order valence-electron chi connectivity index (χ2n) is 7.55. The van der Waals surface area contributed by atoms with Gasteiger partial charge in [-0.25, -0.2) is 13.2 Å². The lowest BCUT2D eigenvalue weighted by Crippen LogP contribution is -2.32. The Kier molecular flexibility index (Phi) is 8.34. The van der Waals surface area contributed by atoms with Crippen molar-refractivity contribution in [3.8, 4) is 5.75 Å². The zero-order valence-corrected chi connectivity index (χ0v) is 20.2. The van der Waals surface area contributed by atoms with Gasteiger partial charge in [0.05, 0.1) is 34.8 Å². The van der Waals surface area contributed by atoms with E-state index in [4.69, 9.17) is 21.1 Å². The van der Waals surface area contributed by atoms with E-state index in [-0.39, 0.29) is 33.4 Å². The second-order valence-corrected chi connectivity index (χ2v) is 9.89. The number of sulfonamides is 1. The van der Waals surface area contributed by atoms with E-state index in [1.165, 1.54) is 47.8 Å². The van der Waals surface area contributed by atoms with Crippen molar-refractivity contribution in [2.24, 2.45) is 0 Å². The Bertz CT molecular complexity index is 1130. The number of halogens is 1. The molecule has 2 aromatic carbocycles. The minimum atomic E-state index is -3.74. The highest BCUT2D eigenvalue weighted by Gasteiger charge is 2.27. The van der Waals surface area contributed by atoms with Crippen molar-refractivity contribution in [2.45, 2.75) is 37.5 Å². The van der Waals surface area contributed by atoms with Crippen LogP contribution < -0.4 is 10.1 Å². The first-order valence-electron chi connectivity index (χ1n) is 10.7. The van der Waals surface area contributed by atoms with Gasteiger partial charge in [0.25, 0.3) is 5.91 Å². The van der Waals surface area contributed by atoms with Crippen molar-refractivity contribution < 1.29 is 27.5 Å². The molecule has 33 heavy (non-hydrogen) atoms. The number of anilines is 1. The van der Waals surface area contributed by atoms with E-state index in [1.54, 1.807) is 6.92 Å². The first kappa shape index (κ1) is 25.0. The molecule has 3 rings (SSSR count). The highest BCUT2D eigenvalue weighted by atomic mass is 35.5. The van der Waals surface area contributed by atoms with Gasteiger partial charge < -0.3 is 14.8 Å². The Morgan fingerprint density at radius 3 is 2.33 bits per heavy atom. The molecule has 0 saturated carbocycles. The highest BCUT2D eigenvalue weighted by molar-refractivity contribution is 7.89. The van der Waals surface area contributed by atoms with Crippen molar-refractivity contribution in [3.05, 3.63) is 52.5 Å². The van der Waals surface area contributed by atoms with Gasteiger partial charge in [0, 0.05) is 18.8 Å². The third-order valence-corrected chi connectivity index (χ3v) is 7.55. The lowest BCUT2D eigenvalue weighted by molar-refractivity contribution is 0.0526. The van der Waals surface area contributed by atoms with Crippen LogP contribution in [0.5, 0.6) is 5.75 Å². The fraction of sp³-hybridized carbons (Fsp3) is 0.391. The Labute approximate surface area is 198 Å². The zero-order chi connectivity index (χ0) is 24.0. The summed E-state index contributed by atoms with van der Waals surface area (Å²) in [7, 11) is -2.34. The molecule has 1 saturated heterocycles. The lowest BCUT2D eigenvalue weighted by atomic mass is 10.1. The van der Waals surface area contributed by atoms with Gasteiger partial charge in [-0.2, -0.15) is 4.31 Å². The molecule has 0 bridgehead atoms. The molecule has 0 unspecified atom stereocenters. The van der Waals surface area contributed by atoms with Gasteiger partial charge in [-0.1, -0.05) is 24.4 Å². The fourth-order valence-corrected chi connectivity index (χ4v) is 5.42. The van der Waals surface area contributed by atoms with Crippen molar-refractivity contribution in [3.63, 3.8) is 0 Å². The molecular formula is C23H27ClN2O6S. The third-order valence-electron chi connectivity index (χ3n) is 5.34. The van der Waals surface area contributed by atoms with Crippen LogP contribution in [-0.4, -0.2) is 51.4 Å². The SMILES string of the molecule is CCOC(=O)c1ccc(NC(=O)c2cc(S(=O)(=O)N3CCCCCC3)ccc2OC)cc1Cl. The fourth-order valence-electron chi connectivity index (χ4n) is 3.62. The molecular weight excluding hydrogens is 468 g/mol. The van der Waals surface area contributed by atoms with Crippen molar-refractivity contribution in [2.75, 3.05) is 32.1 Å². The molecule has 1 heterocycles. The Morgan fingerprint density at radius 2 is 1.73 bits per heavy atom. The average Bonchev–Trinajstić information content (AvgIpc) is 3.09. The summed E-state index contributed by atoms with van der Waals surface area (Å²) in [6.45, 7) is 2.82. The van der Waals surface area contributed by atoms with E-state index < -0.39 is 21.9 Å². The molecule has 0 spiro atoms. The topological polar surface area (TPSA) is 102 Å². The maximum Gasteiger partial charge on any atom is 0.339 e. The van der Waals surface area contributed by atoms with E-state index >= 15 is 0 Å². The van der Waals surface area contributed by atoms with E-state index in [2.05, 4.69) is 5.32 Å².